The fraction of sp³-hybridized carbons (Fsp3) is 0.688. The first-order chi connectivity index (χ1) is 9.70. The molecule has 0 aliphatic heterocycles. The van der Waals surface area contributed by atoms with Crippen LogP contribution in [0.5, 0.6) is 0 Å². The predicted molar refractivity (Wildman–Crippen MR) is 89.2 cm³/mol. The van der Waals surface area contributed by atoms with E-state index in [1.807, 2.05) is 6.20 Å². The van der Waals surface area contributed by atoms with Gasteiger partial charge in [0, 0.05) is 36.4 Å². The van der Waals surface area contributed by atoms with E-state index in [1.54, 1.807) is 0 Å². The van der Waals surface area contributed by atoms with E-state index < -0.39 is 0 Å². The van der Waals surface area contributed by atoms with Gasteiger partial charge in [-0.25, -0.2) is 4.98 Å². The molecule has 0 amide bonds. The van der Waals surface area contributed by atoms with Crippen LogP contribution in [0.4, 0.5) is 5.82 Å². The van der Waals surface area contributed by atoms with Gasteiger partial charge in [0.1, 0.15) is 5.82 Å². The van der Waals surface area contributed by atoms with Gasteiger partial charge in [-0.1, -0.05) is 26.2 Å². The monoisotopic (exact) mass is 339 g/mol. The van der Waals surface area contributed by atoms with E-state index in [0.717, 1.165) is 35.8 Å². The maximum absolute atomic E-state index is 4.64. The Labute approximate surface area is 131 Å². The van der Waals surface area contributed by atoms with Crippen LogP contribution >= 0.6 is 15.9 Å². The number of pyridine rings is 1. The number of aromatic nitrogens is 1. The lowest BCUT2D eigenvalue weighted by Crippen LogP contribution is -2.29. The lowest BCUT2D eigenvalue weighted by molar-refractivity contribution is 0.361. The highest BCUT2D eigenvalue weighted by atomic mass is 79.9. The highest BCUT2D eigenvalue weighted by Crippen LogP contribution is 2.27. The van der Waals surface area contributed by atoms with Crippen molar-refractivity contribution in [1.29, 1.82) is 0 Å². The SMILES string of the molecule is CCNCc1cc(Br)cnc1N(C)CC1CCCCC1. The Kier molecular flexibility index (Phi) is 6.30. The molecule has 0 unspecified atom stereocenters. The molecule has 0 atom stereocenters. The molecule has 0 aromatic carbocycles. The Hall–Kier alpha value is -0.610. The van der Waals surface area contributed by atoms with Crippen LogP contribution in [0.2, 0.25) is 0 Å². The molecule has 1 heterocycles. The van der Waals surface area contributed by atoms with Crippen molar-refractivity contribution in [2.24, 2.45) is 5.92 Å². The third kappa shape index (κ3) is 4.45. The van der Waals surface area contributed by atoms with Crippen molar-refractivity contribution >= 4 is 21.7 Å². The molecule has 20 heavy (non-hydrogen) atoms. The molecule has 1 saturated carbocycles. The van der Waals surface area contributed by atoms with Gasteiger partial charge in [-0.3, -0.25) is 0 Å². The zero-order valence-corrected chi connectivity index (χ0v) is 14.2. The van der Waals surface area contributed by atoms with Crippen molar-refractivity contribution in [2.45, 2.75) is 45.6 Å². The van der Waals surface area contributed by atoms with Crippen LogP contribution in [0.25, 0.3) is 0 Å². The van der Waals surface area contributed by atoms with E-state index in [9.17, 15) is 0 Å². The van der Waals surface area contributed by atoms with E-state index in [-0.39, 0.29) is 0 Å². The summed E-state index contributed by atoms with van der Waals surface area (Å²) in [6.07, 6.45) is 8.88. The van der Waals surface area contributed by atoms with Gasteiger partial charge < -0.3 is 10.2 Å². The third-order valence-electron chi connectivity index (χ3n) is 4.09. The van der Waals surface area contributed by atoms with Crippen molar-refractivity contribution < 1.29 is 0 Å². The summed E-state index contributed by atoms with van der Waals surface area (Å²) in [5.41, 5.74) is 1.28. The first kappa shape index (κ1) is 15.8. The van der Waals surface area contributed by atoms with Crippen molar-refractivity contribution in [1.82, 2.24) is 10.3 Å². The molecule has 0 saturated heterocycles. The summed E-state index contributed by atoms with van der Waals surface area (Å²) in [5, 5.41) is 3.40. The highest BCUT2D eigenvalue weighted by molar-refractivity contribution is 9.10. The average Bonchev–Trinajstić information content (AvgIpc) is 2.46. The topological polar surface area (TPSA) is 28.2 Å². The summed E-state index contributed by atoms with van der Waals surface area (Å²) in [7, 11) is 2.18. The van der Waals surface area contributed by atoms with Gasteiger partial charge >= 0.3 is 0 Å². The summed E-state index contributed by atoms with van der Waals surface area (Å²) >= 11 is 3.53. The number of hydrogen-bond donors (Lipinski definition) is 1. The maximum atomic E-state index is 4.64. The van der Waals surface area contributed by atoms with E-state index in [0.29, 0.717) is 0 Å². The van der Waals surface area contributed by atoms with Crippen molar-refractivity contribution in [3.05, 3.63) is 22.3 Å². The molecule has 1 fully saturated rings. The van der Waals surface area contributed by atoms with Crippen LogP contribution in [-0.2, 0) is 6.54 Å². The summed E-state index contributed by atoms with van der Waals surface area (Å²) in [6.45, 7) is 5.14. The van der Waals surface area contributed by atoms with Gasteiger partial charge in [0.2, 0.25) is 0 Å². The van der Waals surface area contributed by atoms with Crippen LogP contribution in [0.1, 0.15) is 44.6 Å². The number of nitrogens with one attached hydrogen (secondary N) is 1. The molecule has 1 N–H and O–H groups in total. The molecule has 0 bridgehead atoms. The minimum atomic E-state index is 0.839. The molecule has 1 aromatic heterocycles. The molecule has 1 aliphatic rings. The molecule has 4 heteroatoms. The van der Waals surface area contributed by atoms with Crippen LogP contribution in [0.3, 0.4) is 0 Å². The molecular formula is C16H26BrN3. The standard InChI is InChI=1S/C16H26BrN3/c1-3-18-10-14-9-15(17)11-19-16(14)20(2)12-13-7-5-4-6-8-13/h9,11,13,18H,3-8,10,12H2,1-2H3. The van der Waals surface area contributed by atoms with Gasteiger partial charge in [0.25, 0.3) is 0 Å². The first-order valence-electron chi connectivity index (χ1n) is 7.77. The molecular weight excluding hydrogens is 314 g/mol. The largest absolute Gasteiger partial charge is 0.359 e. The second-order valence-electron chi connectivity index (χ2n) is 5.80. The molecule has 0 spiro atoms. The van der Waals surface area contributed by atoms with Crippen LogP contribution < -0.4 is 10.2 Å². The lowest BCUT2D eigenvalue weighted by Gasteiger charge is -2.29. The van der Waals surface area contributed by atoms with Gasteiger partial charge in [-0.2, -0.15) is 0 Å². The van der Waals surface area contributed by atoms with E-state index in [1.165, 1.54) is 37.7 Å². The van der Waals surface area contributed by atoms with Gasteiger partial charge in [0.15, 0.2) is 0 Å². The summed E-state index contributed by atoms with van der Waals surface area (Å²) < 4.78 is 1.06. The summed E-state index contributed by atoms with van der Waals surface area (Å²) in [5.74, 6) is 1.96. The maximum Gasteiger partial charge on any atom is 0.132 e. The third-order valence-corrected chi connectivity index (χ3v) is 4.53. The van der Waals surface area contributed by atoms with E-state index in [4.69, 9.17) is 0 Å². The predicted octanol–water partition coefficient (Wildman–Crippen LogP) is 3.97. The number of halogens is 1. The molecule has 3 nitrogen and oxygen atoms in total. The van der Waals surface area contributed by atoms with Gasteiger partial charge in [-0.05, 0) is 47.3 Å². The Balaban J connectivity index is 2.05. The van der Waals surface area contributed by atoms with E-state index >= 15 is 0 Å². The lowest BCUT2D eigenvalue weighted by atomic mass is 9.89. The second-order valence-corrected chi connectivity index (χ2v) is 6.72. The number of hydrogen-bond acceptors (Lipinski definition) is 3. The number of anilines is 1. The molecule has 1 aromatic rings. The highest BCUT2D eigenvalue weighted by Gasteiger charge is 2.17. The summed E-state index contributed by atoms with van der Waals surface area (Å²) in [6, 6.07) is 2.18. The first-order valence-corrected chi connectivity index (χ1v) is 8.56. The van der Waals surface area contributed by atoms with Gasteiger partial charge in [-0.15, -0.1) is 0 Å². The Morgan fingerprint density at radius 3 is 2.80 bits per heavy atom. The molecule has 2 rings (SSSR count). The van der Waals surface area contributed by atoms with Crippen LogP contribution in [0.15, 0.2) is 16.7 Å². The van der Waals surface area contributed by atoms with Crippen molar-refractivity contribution in [3.63, 3.8) is 0 Å². The Morgan fingerprint density at radius 1 is 1.35 bits per heavy atom. The molecule has 112 valence electrons. The minimum Gasteiger partial charge on any atom is -0.359 e. The van der Waals surface area contributed by atoms with Crippen molar-refractivity contribution in [2.75, 3.05) is 25.0 Å². The summed E-state index contributed by atoms with van der Waals surface area (Å²) in [4.78, 5) is 6.98. The second kappa shape index (κ2) is 7.99. The zero-order valence-electron chi connectivity index (χ0n) is 12.7. The zero-order chi connectivity index (χ0) is 14.4. The normalized spacial score (nSPS) is 16.4. The quantitative estimate of drug-likeness (QED) is 0.849. The van der Waals surface area contributed by atoms with Crippen molar-refractivity contribution in [3.8, 4) is 0 Å². The number of nitrogens with zero attached hydrogens (tertiary/aromatic N) is 2. The minimum absolute atomic E-state index is 0.839. The Bertz CT molecular complexity index is 416. The van der Waals surface area contributed by atoms with Gasteiger partial charge in [0.05, 0.1) is 0 Å². The number of rotatable bonds is 6. The molecule has 0 radical (unpaired) electrons. The van der Waals surface area contributed by atoms with Crippen LogP contribution in [-0.4, -0.2) is 25.1 Å². The molecule has 1 aliphatic carbocycles. The van der Waals surface area contributed by atoms with E-state index in [2.05, 4.69) is 51.2 Å². The fourth-order valence-corrected chi connectivity index (χ4v) is 3.43. The Morgan fingerprint density at radius 2 is 2.10 bits per heavy atom. The fourth-order valence-electron chi connectivity index (χ4n) is 3.05. The smallest absolute Gasteiger partial charge is 0.132 e. The van der Waals surface area contributed by atoms with Crippen LogP contribution in [0, 0.1) is 5.92 Å². The average molecular weight is 340 g/mol.